The topological polar surface area (TPSA) is 0 Å². The Morgan fingerprint density at radius 2 is 1.93 bits per heavy atom. The van der Waals surface area contributed by atoms with E-state index in [0.29, 0.717) is 5.41 Å². The zero-order valence-electron chi connectivity index (χ0n) is 9.46. The van der Waals surface area contributed by atoms with Crippen LogP contribution >= 0.6 is 0 Å². The van der Waals surface area contributed by atoms with E-state index >= 15 is 0 Å². The Labute approximate surface area is 87.3 Å². The largest absolute Gasteiger partial charge is 0.0625 e. The lowest BCUT2D eigenvalue weighted by Gasteiger charge is -2.13. The molecule has 0 spiro atoms. The molecule has 0 heterocycles. The minimum Gasteiger partial charge on any atom is -0.0625 e. The molecule has 0 saturated heterocycles. The highest BCUT2D eigenvalue weighted by Gasteiger charge is 2.50. The smallest absolute Gasteiger partial charge is 0.0222 e. The summed E-state index contributed by atoms with van der Waals surface area (Å²) in [4.78, 5) is 0. The molecular weight excluding hydrogens is 168 g/mol. The predicted molar refractivity (Wildman–Crippen MR) is 61.2 cm³/mol. The maximum atomic E-state index is 2.44. The van der Waals surface area contributed by atoms with Crippen molar-refractivity contribution in [1.29, 1.82) is 0 Å². The Morgan fingerprint density at radius 1 is 1.29 bits per heavy atom. The van der Waals surface area contributed by atoms with Gasteiger partial charge >= 0.3 is 0 Å². The minimum absolute atomic E-state index is 0.593. The lowest BCUT2D eigenvalue weighted by molar-refractivity contribution is 0.420. The second kappa shape index (κ2) is 3.42. The van der Waals surface area contributed by atoms with Crippen molar-refractivity contribution in [2.45, 2.75) is 33.6 Å². The Balaban J connectivity index is 2.00. The molecule has 2 atom stereocenters. The molecule has 0 radical (unpaired) electrons. The molecule has 0 aliphatic heterocycles. The maximum absolute atomic E-state index is 2.44. The van der Waals surface area contributed by atoms with Crippen molar-refractivity contribution < 1.29 is 0 Å². The van der Waals surface area contributed by atoms with Crippen LogP contribution in [0.3, 0.4) is 0 Å². The van der Waals surface area contributed by atoms with E-state index in [0.717, 1.165) is 11.8 Å². The first kappa shape index (κ1) is 9.76. The van der Waals surface area contributed by atoms with Crippen LogP contribution in [-0.2, 0) is 6.42 Å². The number of hydrogen-bond acceptors (Lipinski definition) is 0. The van der Waals surface area contributed by atoms with Crippen LogP contribution in [-0.4, -0.2) is 0 Å². The van der Waals surface area contributed by atoms with E-state index in [1.54, 1.807) is 0 Å². The summed E-state index contributed by atoms with van der Waals surface area (Å²) in [6.45, 7) is 7.13. The van der Waals surface area contributed by atoms with Gasteiger partial charge in [-0.3, -0.25) is 0 Å². The summed E-state index contributed by atoms with van der Waals surface area (Å²) in [5, 5.41) is 0. The molecule has 0 amide bonds. The van der Waals surface area contributed by atoms with Gasteiger partial charge < -0.3 is 0 Å². The lowest BCUT2D eigenvalue weighted by Crippen LogP contribution is -2.06. The zero-order valence-corrected chi connectivity index (χ0v) is 9.46. The average molecular weight is 188 g/mol. The van der Waals surface area contributed by atoms with E-state index in [-0.39, 0.29) is 0 Å². The summed E-state index contributed by atoms with van der Waals surface area (Å²) in [6, 6.07) is 10.9. The van der Waals surface area contributed by atoms with Crippen molar-refractivity contribution in [2.75, 3.05) is 0 Å². The van der Waals surface area contributed by atoms with E-state index in [2.05, 4.69) is 51.1 Å². The van der Waals surface area contributed by atoms with Crippen molar-refractivity contribution >= 4 is 0 Å². The first-order valence-corrected chi connectivity index (χ1v) is 5.66. The van der Waals surface area contributed by atoms with Crippen LogP contribution in [0.5, 0.6) is 0 Å². The summed E-state index contributed by atoms with van der Waals surface area (Å²) in [6.07, 6.45) is 2.68. The van der Waals surface area contributed by atoms with Crippen molar-refractivity contribution in [3.05, 3.63) is 35.9 Å². The Hall–Kier alpha value is -0.780. The van der Waals surface area contributed by atoms with Gasteiger partial charge in [0.05, 0.1) is 0 Å². The molecule has 0 aromatic heterocycles. The zero-order chi connectivity index (χ0) is 10.2. The van der Waals surface area contributed by atoms with Crippen LogP contribution in [0.1, 0.15) is 32.8 Å². The van der Waals surface area contributed by atoms with Crippen molar-refractivity contribution in [3.8, 4) is 0 Å². The molecule has 1 fully saturated rings. The van der Waals surface area contributed by atoms with E-state index in [4.69, 9.17) is 0 Å². The molecule has 2 rings (SSSR count). The molecule has 1 aliphatic rings. The fraction of sp³-hybridized carbons (Fsp3) is 0.571. The first-order chi connectivity index (χ1) is 6.62. The Kier molecular flexibility index (Phi) is 2.38. The van der Waals surface area contributed by atoms with Gasteiger partial charge in [0.2, 0.25) is 0 Å². The lowest BCUT2D eigenvalue weighted by atomic mass is 9.92. The van der Waals surface area contributed by atoms with Gasteiger partial charge in [-0.1, -0.05) is 51.1 Å². The van der Waals surface area contributed by atoms with E-state index < -0.39 is 0 Å². The Bertz CT molecular complexity index is 299. The molecule has 1 aliphatic carbocycles. The van der Waals surface area contributed by atoms with Crippen molar-refractivity contribution in [2.24, 2.45) is 17.3 Å². The number of hydrogen-bond donors (Lipinski definition) is 0. The van der Waals surface area contributed by atoms with Gasteiger partial charge in [0.15, 0.2) is 0 Å². The van der Waals surface area contributed by atoms with Crippen LogP contribution in [0, 0.1) is 17.3 Å². The van der Waals surface area contributed by atoms with Gasteiger partial charge in [-0.05, 0) is 35.7 Å². The summed E-state index contributed by atoms with van der Waals surface area (Å²) in [5.41, 5.74) is 2.09. The summed E-state index contributed by atoms with van der Waals surface area (Å²) < 4.78 is 0. The standard InChI is InChI=1S/C14H20/c1-11(2)13-10-14(13,3)9-12-7-5-4-6-8-12/h4-8,11,13H,9-10H2,1-3H3. The third-order valence-electron chi connectivity index (χ3n) is 3.68. The number of benzene rings is 1. The molecule has 0 N–H and O–H groups in total. The quantitative estimate of drug-likeness (QED) is 0.674. The highest BCUT2D eigenvalue weighted by molar-refractivity contribution is 5.19. The van der Waals surface area contributed by atoms with Crippen LogP contribution in [0.4, 0.5) is 0 Å². The highest BCUT2D eigenvalue weighted by atomic mass is 14.5. The van der Waals surface area contributed by atoms with Crippen LogP contribution < -0.4 is 0 Å². The van der Waals surface area contributed by atoms with Gasteiger partial charge in [-0.15, -0.1) is 0 Å². The van der Waals surface area contributed by atoms with Crippen LogP contribution in [0.15, 0.2) is 30.3 Å². The molecule has 14 heavy (non-hydrogen) atoms. The predicted octanol–water partition coefficient (Wildman–Crippen LogP) is 3.91. The third kappa shape index (κ3) is 1.84. The molecular formula is C14H20. The fourth-order valence-corrected chi connectivity index (χ4v) is 2.75. The van der Waals surface area contributed by atoms with E-state index in [1.807, 2.05) is 0 Å². The van der Waals surface area contributed by atoms with Gasteiger partial charge in [0.1, 0.15) is 0 Å². The number of rotatable bonds is 3. The summed E-state index contributed by atoms with van der Waals surface area (Å²) in [5.74, 6) is 1.80. The monoisotopic (exact) mass is 188 g/mol. The molecule has 1 saturated carbocycles. The second-order valence-electron chi connectivity index (χ2n) is 5.37. The second-order valence-corrected chi connectivity index (χ2v) is 5.37. The molecule has 1 aromatic carbocycles. The molecule has 0 heteroatoms. The first-order valence-electron chi connectivity index (χ1n) is 5.66. The van der Waals surface area contributed by atoms with Gasteiger partial charge in [-0.2, -0.15) is 0 Å². The van der Waals surface area contributed by atoms with Gasteiger partial charge in [0, 0.05) is 0 Å². The molecule has 0 bridgehead atoms. The van der Waals surface area contributed by atoms with E-state index in [9.17, 15) is 0 Å². The highest BCUT2D eigenvalue weighted by Crippen LogP contribution is 2.57. The molecule has 2 unspecified atom stereocenters. The van der Waals surface area contributed by atoms with Gasteiger partial charge in [-0.25, -0.2) is 0 Å². The normalized spacial score (nSPS) is 30.7. The maximum Gasteiger partial charge on any atom is -0.0222 e. The van der Waals surface area contributed by atoms with Gasteiger partial charge in [0.25, 0.3) is 0 Å². The van der Waals surface area contributed by atoms with Crippen LogP contribution in [0.2, 0.25) is 0 Å². The van der Waals surface area contributed by atoms with Crippen LogP contribution in [0.25, 0.3) is 0 Å². The third-order valence-corrected chi connectivity index (χ3v) is 3.68. The molecule has 76 valence electrons. The van der Waals surface area contributed by atoms with E-state index in [1.165, 1.54) is 18.4 Å². The summed E-state index contributed by atoms with van der Waals surface area (Å²) in [7, 11) is 0. The SMILES string of the molecule is CC(C)C1CC1(C)Cc1ccccc1. The molecule has 0 nitrogen and oxygen atoms in total. The van der Waals surface area contributed by atoms with Crippen molar-refractivity contribution in [1.82, 2.24) is 0 Å². The van der Waals surface area contributed by atoms with Crippen molar-refractivity contribution in [3.63, 3.8) is 0 Å². The minimum atomic E-state index is 0.593. The Morgan fingerprint density at radius 3 is 2.43 bits per heavy atom. The average Bonchev–Trinajstić information content (AvgIpc) is 2.79. The summed E-state index contributed by atoms with van der Waals surface area (Å²) >= 11 is 0. The molecule has 1 aromatic rings. The fourth-order valence-electron chi connectivity index (χ4n) is 2.75.